The molecular formula is C24H26N2O3S. The van der Waals surface area contributed by atoms with E-state index in [2.05, 4.69) is 0 Å². The molecule has 1 aliphatic rings. The Kier molecular flexibility index (Phi) is 5.86. The van der Waals surface area contributed by atoms with Gasteiger partial charge in [-0.15, -0.1) is 11.8 Å². The van der Waals surface area contributed by atoms with Gasteiger partial charge >= 0.3 is 0 Å². The molecule has 1 amide bonds. The van der Waals surface area contributed by atoms with Crippen LogP contribution in [-0.2, 0) is 7.05 Å². The van der Waals surface area contributed by atoms with Crippen LogP contribution in [0.5, 0.6) is 5.75 Å². The minimum atomic E-state index is -0.161. The van der Waals surface area contributed by atoms with E-state index in [9.17, 15) is 9.59 Å². The van der Waals surface area contributed by atoms with E-state index in [4.69, 9.17) is 4.74 Å². The summed E-state index contributed by atoms with van der Waals surface area (Å²) in [6, 6.07) is 15.5. The van der Waals surface area contributed by atoms with Crippen LogP contribution in [-0.4, -0.2) is 47.6 Å². The molecule has 1 unspecified atom stereocenters. The summed E-state index contributed by atoms with van der Waals surface area (Å²) in [6.07, 6.45) is 3.64. The molecule has 0 aliphatic carbocycles. The van der Waals surface area contributed by atoms with Gasteiger partial charge in [-0.05, 0) is 43.4 Å². The minimum Gasteiger partial charge on any atom is -0.497 e. The normalized spacial score (nSPS) is 16.6. The third kappa shape index (κ3) is 3.72. The Balaban J connectivity index is 1.57. The molecule has 1 fully saturated rings. The zero-order valence-electron chi connectivity index (χ0n) is 17.6. The Morgan fingerprint density at radius 3 is 2.70 bits per heavy atom. The SMILES string of the molecule is COc1ccc2cc(C(=O)N3CCCC(C(=O)c4ccccc4SC)C3)n(C)c2c1. The molecule has 3 aromatic rings. The highest BCUT2D eigenvalue weighted by atomic mass is 32.2. The fourth-order valence-electron chi connectivity index (χ4n) is 4.25. The number of piperidine rings is 1. The number of carbonyl (C=O) groups excluding carboxylic acids is 2. The van der Waals surface area contributed by atoms with Crippen LogP contribution < -0.4 is 4.74 Å². The van der Waals surface area contributed by atoms with Crippen molar-refractivity contribution >= 4 is 34.4 Å². The second kappa shape index (κ2) is 8.56. The maximum absolute atomic E-state index is 13.3. The topological polar surface area (TPSA) is 51.5 Å². The summed E-state index contributed by atoms with van der Waals surface area (Å²) in [5.74, 6) is 0.715. The average Bonchev–Trinajstić information content (AvgIpc) is 3.13. The maximum atomic E-state index is 13.3. The molecule has 5 nitrogen and oxygen atoms in total. The number of carbonyl (C=O) groups is 2. The lowest BCUT2D eigenvalue weighted by Gasteiger charge is -2.32. The summed E-state index contributed by atoms with van der Waals surface area (Å²) in [5, 5.41) is 1.00. The lowest BCUT2D eigenvalue weighted by molar-refractivity contribution is 0.0628. The van der Waals surface area contributed by atoms with E-state index in [1.807, 2.05) is 71.3 Å². The van der Waals surface area contributed by atoms with Crippen molar-refractivity contribution in [1.29, 1.82) is 0 Å². The third-order valence-electron chi connectivity index (χ3n) is 5.92. The lowest BCUT2D eigenvalue weighted by Crippen LogP contribution is -2.43. The van der Waals surface area contributed by atoms with Crippen molar-refractivity contribution in [1.82, 2.24) is 9.47 Å². The highest BCUT2D eigenvalue weighted by Crippen LogP contribution is 2.29. The van der Waals surface area contributed by atoms with Gasteiger partial charge in [0.2, 0.25) is 0 Å². The van der Waals surface area contributed by atoms with Crippen LogP contribution in [0.1, 0.15) is 33.7 Å². The number of aromatic nitrogens is 1. The molecule has 1 atom stereocenters. The van der Waals surface area contributed by atoms with Gasteiger partial charge in [0.15, 0.2) is 5.78 Å². The van der Waals surface area contributed by atoms with E-state index in [1.54, 1.807) is 18.9 Å². The van der Waals surface area contributed by atoms with E-state index in [0.717, 1.165) is 40.0 Å². The smallest absolute Gasteiger partial charge is 0.270 e. The number of hydrogen-bond donors (Lipinski definition) is 0. The summed E-state index contributed by atoms with van der Waals surface area (Å²) in [7, 11) is 3.53. The third-order valence-corrected chi connectivity index (χ3v) is 6.72. The number of benzene rings is 2. The van der Waals surface area contributed by atoms with Crippen molar-refractivity contribution in [2.75, 3.05) is 26.5 Å². The Morgan fingerprint density at radius 2 is 1.93 bits per heavy atom. The fourth-order valence-corrected chi connectivity index (χ4v) is 4.85. The maximum Gasteiger partial charge on any atom is 0.270 e. The van der Waals surface area contributed by atoms with Crippen molar-refractivity contribution in [3.8, 4) is 5.75 Å². The molecule has 0 N–H and O–H groups in total. The quantitative estimate of drug-likeness (QED) is 0.444. The second-order valence-corrected chi connectivity index (χ2v) is 8.52. The predicted octanol–water partition coefficient (Wildman–Crippen LogP) is 4.64. The Morgan fingerprint density at radius 1 is 1.13 bits per heavy atom. The Labute approximate surface area is 181 Å². The first-order valence-electron chi connectivity index (χ1n) is 10.1. The van der Waals surface area contributed by atoms with E-state index in [0.29, 0.717) is 18.8 Å². The number of ether oxygens (including phenoxy) is 1. The number of aryl methyl sites for hydroxylation is 1. The van der Waals surface area contributed by atoms with Crippen LogP contribution in [0.15, 0.2) is 53.4 Å². The molecule has 1 aromatic heterocycles. The van der Waals surface area contributed by atoms with Crippen LogP contribution in [0.25, 0.3) is 10.9 Å². The van der Waals surface area contributed by atoms with Gasteiger partial charge in [0.25, 0.3) is 5.91 Å². The molecule has 156 valence electrons. The van der Waals surface area contributed by atoms with Gasteiger partial charge in [0.05, 0.1) is 12.6 Å². The summed E-state index contributed by atoms with van der Waals surface area (Å²) < 4.78 is 7.23. The van der Waals surface area contributed by atoms with Crippen molar-refractivity contribution in [3.05, 3.63) is 59.8 Å². The zero-order valence-corrected chi connectivity index (χ0v) is 18.4. The van der Waals surface area contributed by atoms with Crippen molar-refractivity contribution in [3.63, 3.8) is 0 Å². The molecule has 0 bridgehead atoms. The monoisotopic (exact) mass is 422 g/mol. The summed E-state index contributed by atoms with van der Waals surface area (Å²) >= 11 is 1.58. The van der Waals surface area contributed by atoms with Gasteiger partial charge in [-0.25, -0.2) is 0 Å². The van der Waals surface area contributed by atoms with Gasteiger partial charge in [-0.1, -0.05) is 18.2 Å². The largest absolute Gasteiger partial charge is 0.497 e. The molecule has 0 radical (unpaired) electrons. The number of nitrogens with zero attached hydrogens (tertiary/aromatic N) is 2. The zero-order chi connectivity index (χ0) is 21.3. The summed E-state index contributed by atoms with van der Waals surface area (Å²) in [6.45, 7) is 1.14. The van der Waals surface area contributed by atoms with Gasteiger partial charge < -0.3 is 14.2 Å². The second-order valence-electron chi connectivity index (χ2n) is 7.67. The van der Waals surface area contributed by atoms with Crippen LogP contribution >= 0.6 is 11.8 Å². The van der Waals surface area contributed by atoms with Crippen LogP contribution in [0.4, 0.5) is 0 Å². The van der Waals surface area contributed by atoms with Crippen molar-refractivity contribution < 1.29 is 14.3 Å². The molecule has 1 aliphatic heterocycles. The number of methoxy groups -OCH3 is 1. The Hall–Kier alpha value is -2.73. The number of ketones is 1. The standard InChI is InChI=1S/C24H26N2O3S/c1-25-20-14-18(29-2)11-10-16(20)13-21(25)24(28)26-12-6-7-17(15-26)23(27)19-8-4-5-9-22(19)30-3/h4-5,8-11,13-14,17H,6-7,12,15H2,1-3H3. The Bertz CT molecular complexity index is 1110. The first-order valence-corrected chi connectivity index (χ1v) is 11.4. The predicted molar refractivity (Wildman–Crippen MR) is 121 cm³/mol. The molecule has 2 aromatic carbocycles. The number of likely N-dealkylation sites (tertiary alicyclic amines) is 1. The van der Waals surface area contributed by atoms with Crippen LogP contribution in [0.2, 0.25) is 0 Å². The van der Waals surface area contributed by atoms with Crippen molar-refractivity contribution in [2.24, 2.45) is 13.0 Å². The first kappa shape index (κ1) is 20.5. The van der Waals surface area contributed by atoms with E-state index in [-0.39, 0.29) is 17.6 Å². The molecule has 1 saturated heterocycles. The van der Waals surface area contributed by atoms with Crippen LogP contribution in [0, 0.1) is 5.92 Å². The van der Waals surface area contributed by atoms with E-state index < -0.39 is 0 Å². The molecular weight excluding hydrogens is 396 g/mol. The van der Waals surface area contributed by atoms with Gasteiger partial charge in [0, 0.05) is 48.0 Å². The van der Waals surface area contributed by atoms with E-state index in [1.165, 1.54) is 0 Å². The number of hydrogen-bond acceptors (Lipinski definition) is 4. The summed E-state index contributed by atoms with van der Waals surface area (Å²) in [5.41, 5.74) is 2.35. The fraction of sp³-hybridized carbons (Fsp3) is 0.333. The number of thioether (sulfide) groups is 1. The molecule has 30 heavy (non-hydrogen) atoms. The highest BCUT2D eigenvalue weighted by Gasteiger charge is 2.31. The molecule has 2 heterocycles. The minimum absolute atomic E-state index is 0.0247. The van der Waals surface area contributed by atoms with Gasteiger partial charge in [-0.3, -0.25) is 9.59 Å². The first-order chi connectivity index (χ1) is 14.5. The van der Waals surface area contributed by atoms with E-state index >= 15 is 0 Å². The van der Waals surface area contributed by atoms with Gasteiger partial charge in [0.1, 0.15) is 11.4 Å². The molecule has 4 rings (SSSR count). The highest BCUT2D eigenvalue weighted by molar-refractivity contribution is 7.98. The lowest BCUT2D eigenvalue weighted by atomic mass is 9.90. The van der Waals surface area contributed by atoms with Gasteiger partial charge in [-0.2, -0.15) is 0 Å². The number of amides is 1. The van der Waals surface area contributed by atoms with Crippen molar-refractivity contribution in [2.45, 2.75) is 17.7 Å². The molecule has 0 saturated carbocycles. The average molecular weight is 423 g/mol. The van der Waals surface area contributed by atoms with Crippen LogP contribution in [0.3, 0.4) is 0 Å². The summed E-state index contributed by atoms with van der Waals surface area (Å²) in [4.78, 5) is 29.3. The number of rotatable bonds is 5. The molecule has 0 spiro atoms. The number of fused-ring (bicyclic) bond motifs is 1. The molecule has 6 heteroatoms. The number of Topliss-reactive ketones (excluding diaryl/α,β-unsaturated/α-hetero) is 1.